The molecule has 2 amide bonds. The molecule has 0 bridgehead atoms. The lowest BCUT2D eigenvalue weighted by Crippen LogP contribution is -2.35. The minimum Gasteiger partial charge on any atom is -0.478 e. The number of carboxylic acids is 1. The molecule has 4 rings (SSSR count). The van der Waals surface area contributed by atoms with Gasteiger partial charge in [-0.15, -0.1) is 0 Å². The topological polar surface area (TPSA) is 113 Å². The molecule has 1 aliphatic heterocycles. The molecule has 0 unspecified atom stereocenters. The Morgan fingerprint density at radius 1 is 1.21 bits per heavy atom. The number of hydrogen-bond donors (Lipinski definition) is 3. The van der Waals surface area contributed by atoms with E-state index in [1.165, 1.54) is 41.2 Å². The van der Waals surface area contributed by atoms with Gasteiger partial charge in [0.2, 0.25) is 11.8 Å². The minimum atomic E-state index is -1.11. The summed E-state index contributed by atoms with van der Waals surface area (Å²) in [6.07, 6.45) is 1.38. The van der Waals surface area contributed by atoms with Crippen LogP contribution in [0.5, 0.6) is 0 Å². The summed E-state index contributed by atoms with van der Waals surface area (Å²) in [4.78, 5) is 36.1. The molecule has 0 saturated carbocycles. The third-order valence-electron chi connectivity index (χ3n) is 4.56. The van der Waals surface area contributed by atoms with Gasteiger partial charge in [-0.25, -0.2) is 13.9 Å². The van der Waals surface area contributed by atoms with Crippen molar-refractivity contribution in [1.29, 1.82) is 0 Å². The number of hydrogen-bond acceptors (Lipinski definition) is 4. The summed E-state index contributed by atoms with van der Waals surface area (Å²) >= 11 is 0. The molecule has 9 heteroatoms. The van der Waals surface area contributed by atoms with Crippen molar-refractivity contribution in [3.05, 3.63) is 66.1 Å². The largest absolute Gasteiger partial charge is 0.478 e. The second-order valence-corrected chi connectivity index (χ2v) is 6.50. The Hall–Kier alpha value is -4.01. The van der Waals surface area contributed by atoms with Crippen molar-refractivity contribution in [2.75, 3.05) is 10.6 Å². The van der Waals surface area contributed by atoms with Gasteiger partial charge in [-0.2, -0.15) is 5.10 Å². The first-order chi connectivity index (χ1) is 13.9. The minimum absolute atomic E-state index is 0.0301. The van der Waals surface area contributed by atoms with Crippen molar-refractivity contribution < 1.29 is 23.9 Å². The van der Waals surface area contributed by atoms with Crippen LogP contribution < -0.4 is 10.6 Å². The van der Waals surface area contributed by atoms with E-state index in [0.717, 1.165) is 0 Å². The number of benzene rings is 2. The second-order valence-electron chi connectivity index (χ2n) is 6.50. The third kappa shape index (κ3) is 3.57. The van der Waals surface area contributed by atoms with Gasteiger partial charge in [-0.05, 0) is 35.9 Å². The summed E-state index contributed by atoms with van der Waals surface area (Å²) in [6, 6.07) is 10.6. The highest BCUT2D eigenvalue weighted by Crippen LogP contribution is 2.34. The van der Waals surface area contributed by atoms with Crippen LogP contribution in [0, 0.1) is 5.82 Å². The van der Waals surface area contributed by atoms with Gasteiger partial charge in [-0.1, -0.05) is 18.2 Å². The van der Waals surface area contributed by atoms with Crippen LogP contribution in [0.1, 0.15) is 22.8 Å². The lowest BCUT2D eigenvalue weighted by Gasteiger charge is -2.24. The molecule has 1 aromatic heterocycles. The van der Waals surface area contributed by atoms with E-state index in [9.17, 15) is 18.8 Å². The number of halogens is 1. The molecular formula is C20H15FN4O4. The zero-order valence-electron chi connectivity index (χ0n) is 14.9. The molecule has 146 valence electrons. The van der Waals surface area contributed by atoms with Crippen LogP contribution in [0.25, 0.3) is 11.1 Å². The van der Waals surface area contributed by atoms with Crippen LogP contribution in [0.2, 0.25) is 0 Å². The lowest BCUT2D eigenvalue weighted by molar-refractivity contribution is -0.125. The fourth-order valence-electron chi connectivity index (χ4n) is 3.17. The van der Waals surface area contributed by atoms with E-state index in [0.29, 0.717) is 22.6 Å². The standard InChI is InChI=1S/C20H15FN4O4/c21-13-6-4-11(5-7-13)15-10-22-25-16(9-17(26)24-18(15)25)19(27)23-14-3-1-2-12(8-14)20(28)29/h1-8,10,16H,9H2,(H,23,27)(H,24,26)(H,28,29)/t16-/m0/s1. The average Bonchev–Trinajstić information content (AvgIpc) is 3.11. The summed E-state index contributed by atoms with van der Waals surface area (Å²) < 4.78 is 14.6. The Labute approximate surface area is 164 Å². The van der Waals surface area contributed by atoms with Gasteiger partial charge in [0, 0.05) is 11.3 Å². The van der Waals surface area contributed by atoms with Crippen molar-refractivity contribution in [2.45, 2.75) is 12.5 Å². The highest BCUT2D eigenvalue weighted by molar-refractivity contribution is 6.03. The Bertz CT molecular complexity index is 1120. The molecule has 1 atom stereocenters. The van der Waals surface area contributed by atoms with Gasteiger partial charge in [0.1, 0.15) is 17.7 Å². The van der Waals surface area contributed by atoms with E-state index in [2.05, 4.69) is 15.7 Å². The predicted molar refractivity (Wildman–Crippen MR) is 102 cm³/mol. The highest BCUT2D eigenvalue weighted by Gasteiger charge is 2.33. The van der Waals surface area contributed by atoms with E-state index in [4.69, 9.17) is 5.11 Å². The van der Waals surface area contributed by atoms with Crippen molar-refractivity contribution in [1.82, 2.24) is 9.78 Å². The molecule has 0 spiro atoms. The van der Waals surface area contributed by atoms with Gasteiger partial charge in [-0.3, -0.25) is 9.59 Å². The van der Waals surface area contributed by atoms with Crippen LogP contribution in [0.15, 0.2) is 54.7 Å². The molecule has 29 heavy (non-hydrogen) atoms. The SMILES string of the molecule is O=C1C[C@@H](C(=O)Nc2cccc(C(=O)O)c2)n2ncc(-c3ccc(F)cc3)c2N1. The number of anilines is 2. The number of aromatic carboxylic acids is 1. The third-order valence-corrected chi connectivity index (χ3v) is 4.56. The molecule has 0 fully saturated rings. The number of rotatable bonds is 4. The van der Waals surface area contributed by atoms with Gasteiger partial charge >= 0.3 is 5.97 Å². The zero-order chi connectivity index (χ0) is 20.5. The average molecular weight is 394 g/mol. The first-order valence-corrected chi connectivity index (χ1v) is 8.70. The molecular weight excluding hydrogens is 379 g/mol. The van der Waals surface area contributed by atoms with E-state index < -0.39 is 17.9 Å². The summed E-state index contributed by atoms with van der Waals surface area (Å²) in [5.41, 5.74) is 1.53. The molecule has 0 radical (unpaired) electrons. The first kappa shape index (κ1) is 18.4. The van der Waals surface area contributed by atoms with Crippen LogP contribution in [0.3, 0.4) is 0 Å². The van der Waals surface area contributed by atoms with Gasteiger partial charge < -0.3 is 15.7 Å². The maximum atomic E-state index is 13.2. The van der Waals surface area contributed by atoms with Crippen LogP contribution >= 0.6 is 0 Å². The molecule has 3 N–H and O–H groups in total. The summed E-state index contributed by atoms with van der Waals surface area (Å²) in [5.74, 6) is -2.03. The number of carboxylic acid groups (broad SMARTS) is 1. The first-order valence-electron chi connectivity index (χ1n) is 8.70. The monoisotopic (exact) mass is 394 g/mol. The van der Waals surface area contributed by atoms with E-state index in [1.54, 1.807) is 18.2 Å². The van der Waals surface area contributed by atoms with Crippen LogP contribution in [-0.4, -0.2) is 32.7 Å². The quantitative estimate of drug-likeness (QED) is 0.630. The lowest BCUT2D eigenvalue weighted by atomic mass is 10.1. The number of nitrogens with zero attached hydrogens (tertiary/aromatic N) is 2. The maximum Gasteiger partial charge on any atom is 0.335 e. The number of nitrogens with one attached hydrogen (secondary N) is 2. The molecule has 3 aromatic rings. The van der Waals surface area contributed by atoms with Crippen LogP contribution in [0.4, 0.5) is 15.9 Å². The second kappa shape index (κ2) is 7.19. The normalized spacial score (nSPS) is 15.3. The Morgan fingerprint density at radius 3 is 2.69 bits per heavy atom. The smallest absolute Gasteiger partial charge is 0.335 e. The summed E-state index contributed by atoms with van der Waals surface area (Å²) in [7, 11) is 0. The van der Waals surface area contributed by atoms with Crippen molar-refractivity contribution in [3.8, 4) is 11.1 Å². The molecule has 2 aromatic carbocycles. The van der Waals surface area contributed by atoms with Crippen LogP contribution in [-0.2, 0) is 9.59 Å². The molecule has 0 saturated heterocycles. The molecule has 0 aliphatic carbocycles. The molecule has 1 aliphatic rings. The Kier molecular flexibility index (Phi) is 4.55. The molecule has 2 heterocycles. The Balaban J connectivity index is 1.64. The number of amides is 2. The zero-order valence-corrected chi connectivity index (χ0v) is 14.9. The van der Waals surface area contributed by atoms with Crippen molar-refractivity contribution in [3.63, 3.8) is 0 Å². The highest BCUT2D eigenvalue weighted by atomic mass is 19.1. The summed E-state index contributed by atoms with van der Waals surface area (Å²) in [6.45, 7) is 0. The van der Waals surface area contributed by atoms with Gasteiger partial charge in [0.25, 0.3) is 0 Å². The van der Waals surface area contributed by atoms with Gasteiger partial charge in [0.05, 0.1) is 18.2 Å². The van der Waals surface area contributed by atoms with E-state index in [-0.39, 0.29) is 23.7 Å². The van der Waals surface area contributed by atoms with Crippen molar-refractivity contribution in [2.24, 2.45) is 0 Å². The summed E-state index contributed by atoms with van der Waals surface area (Å²) in [5, 5.41) is 18.7. The van der Waals surface area contributed by atoms with Crippen molar-refractivity contribution >= 4 is 29.3 Å². The number of aromatic nitrogens is 2. The van der Waals surface area contributed by atoms with E-state index in [1.807, 2.05) is 0 Å². The number of fused-ring (bicyclic) bond motifs is 1. The van der Waals surface area contributed by atoms with Gasteiger partial charge in [0.15, 0.2) is 0 Å². The Morgan fingerprint density at radius 2 is 1.97 bits per heavy atom. The fourth-order valence-corrected chi connectivity index (χ4v) is 3.17. The predicted octanol–water partition coefficient (Wildman–Crippen LogP) is 2.91. The van der Waals surface area contributed by atoms with E-state index >= 15 is 0 Å². The fraction of sp³-hybridized carbons (Fsp3) is 0.100. The number of carbonyl (C=O) groups is 3. The number of carbonyl (C=O) groups excluding carboxylic acids is 2. The molecule has 8 nitrogen and oxygen atoms in total. The maximum absolute atomic E-state index is 13.2.